The van der Waals surface area contributed by atoms with E-state index in [9.17, 15) is 4.39 Å². The SMILES string of the molecule is C=CC.C=CC(=C)OCC.CC.CC1(c2ccc(F)cc2)CCCCC1. The highest BCUT2D eigenvalue weighted by molar-refractivity contribution is 5.25. The first-order valence-electron chi connectivity index (χ1n) is 9.70. The van der Waals surface area contributed by atoms with Gasteiger partial charge in [0.1, 0.15) is 11.6 Å². The lowest BCUT2D eigenvalue weighted by molar-refractivity contribution is 0.244. The molecule has 1 aromatic rings. The molecule has 0 amide bonds. The lowest BCUT2D eigenvalue weighted by Crippen LogP contribution is -2.24. The van der Waals surface area contributed by atoms with E-state index in [2.05, 4.69) is 26.7 Å². The summed E-state index contributed by atoms with van der Waals surface area (Å²) in [4.78, 5) is 0. The van der Waals surface area contributed by atoms with E-state index in [0.29, 0.717) is 17.8 Å². The summed E-state index contributed by atoms with van der Waals surface area (Å²) in [6.45, 7) is 21.1. The molecule has 0 saturated heterocycles. The smallest absolute Gasteiger partial charge is 0.123 e. The number of ether oxygens (including phenoxy) is 1. The molecule has 2 heteroatoms. The molecule has 148 valence electrons. The van der Waals surface area contributed by atoms with E-state index in [4.69, 9.17) is 4.74 Å². The fraction of sp³-hybridized carbons (Fsp3) is 0.500. The second-order valence-electron chi connectivity index (χ2n) is 6.14. The number of rotatable bonds is 4. The predicted octanol–water partition coefficient (Wildman–Crippen LogP) is 7.99. The maximum absolute atomic E-state index is 12.8. The van der Waals surface area contributed by atoms with Gasteiger partial charge < -0.3 is 4.74 Å². The van der Waals surface area contributed by atoms with Crippen molar-refractivity contribution in [2.45, 2.75) is 72.1 Å². The van der Waals surface area contributed by atoms with Gasteiger partial charge in [0, 0.05) is 0 Å². The van der Waals surface area contributed by atoms with Crippen LogP contribution in [0, 0.1) is 5.82 Å². The Morgan fingerprint density at radius 2 is 1.58 bits per heavy atom. The first-order valence-corrected chi connectivity index (χ1v) is 9.70. The quantitative estimate of drug-likeness (QED) is 0.299. The zero-order valence-electron chi connectivity index (χ0n) is 17.6. The Hall–Kier alpha value is -1.83. The topological polar surface area (TPSA) is 9.23 Å². The molecular formula is C24H39FO. The molecule has 1 nitrogen and oxygen atoms in total. The van der Waals surface area contributed by atoms with Crippen LogP contribution in [0.4, 0.5) is 4.39 Å². The number of halogens is 1. The van der Waals surface area contributed by atoms with Gasteiger partial charge in [-0.1, -0.05) is 71.4 Å². The first kappa shape index (κ1) is 26.4. The lowest BCUT2D eigenvalue weighted by Gasteiger charge is -2.34. The minimum atomic E-state index is -0.131. The number of hydrogen-bond acceptors (Lipinski definition) is 1. The average molecular weight is 363 g/mol. The van der Waals surface area contributed by atoms with Crippen molar-refractivity contribution in [2.24, 2.45) is 0 Å². The molecule has 0 radical (unpaired) electrons. The van der Waals surface area contributed by atoms with Crippen molar-refractivity contribution in [1.29, 1.82) is 0 Å². The number of hydrogen-bond donors (Lipinski definition) is 0. The molecule has 0 bridgehead atoms. The molecule has 1 fully saturated rings. The van der Waals surface area contributed by atoms with Gasteiger partial charge in [-0.2, -0.15) is 0 Å². The molecule has 0 unspecified atom stereocenters. The molecule has 1 aliphatic rings. The Kier molecular flexibility index (Phi) is 16.9. The number of benzene rings is 1. The highest BCUT2D eigenvalue weighted by Gasteiger charge is 2.28. The van der Waals surface area contributed by atoms with Crippen molar-refractivity contribution in [3.8, 4) is 0 Å². The maximum atomic E-state index is 12.8. The van der Waals surface area contributed by atoms with Crippen LogP contribution >= 0.6 is 0 Å². The third-order valence-electron chi connectivity index (χ3n) is 4.06. The van der Waals surface area contributed by atoms with Crippen molar-refractivity contribution in [3.63, 3.8) is 0 Å². The van der Waals surface area contributed by atoms with Gasteiger partial charge in [0.05, 0.1) is 6.61 Å². The molecule has 0 N–H and O–H groups in total. The van der Waals surface area contributed by atoms with Crippen molar-refractivity contribution in [2.75, 3.05) is 6.61 Å². The summed E-state index contributed by atoms with van der Waals surface area (Å²) >= 11 is 0. The van der Waals surface area contributed by atoms with Crippen LogP contribution in [0.15, 0.2) is 61.9 Å². The zero-order valence-corrected chi connectivity index (χ0v) is 17.6. The van der Waals surface area contributed by atoms with Gasteiger partial charge >= 0.3 is 0 Å². The van der Waals surface area contributed by atoms with Crippen molar-refractivity contribution in [3.05, 3.63) is 73.3 Å². The summed E-state index contributed by atoms with van der Waals surface area (Å²) in [7, 11) is 0. The van der Waals surface area contributed by atoms with Crippen LogP contribution in [0.25, 0.3) is 0 Å². The third-order valence-corrected chi connectivity index (χ3v) is 4.06. The minimum absolute atomic E-state index is 0.131. The average Bonchev–Trinajstić information content (AvgIpc) is 2.66. The van der Waals surface area contributed by atoms with Crippen LogP contribution in [0.5, 0.6) is 0 Å². The molecule has 0 spiro atoms. The fourth-order valence-electron chi connectivity index (χ4n) is 2.72. The lowest BCUT2D eigenvalue weighted by atomic mass is 9.71. The van der Waals surface area contributed by atoms with Crippen LogP contribution in [0.2, 0.25) is 0 Å². The van der Waals surface area contributed by atoms with Crippen molar-refractivity contribution >= 4 is 0 Å². The highest BCUT2D eigenvalue weighted by Crippen LogP contribution is 2.38. The molecular weight excluding hydrogens is 323 g/mol. The van der Waals surface area contributed by atoms with Gasteiger partial charge in [-0.25, -0.2) is 4.39 Å². The molecule has 0 atom stereocenters. The van der Waals surface area contributed by atoms with E-state index in [1.165, 1.54) is 37.7 Å². The summed E-state index contributed by atoms with van der Waals surface area (Å²) in [5, 5.41) is 0. The van der Waals surface area contributed by atoms with E-state index in [0.717, 1.165) is 0 Å². The Morgan fingerprint density at radius 3 is 1.92 bits per heavy atom. The van der Waals surface area contributed by atoms with Crippen LogP contribution < -0.4 is 0 Å². The Balaban J connectivity index is 0. The van der Waals surface area contributed by atoms with Gasteiger partial charge in [0.15, 0.2) is 0 Å². The van der Waals surface area contributed by atoms with Crippen molar-refractivity contribution < 1.29 is 9.13 Å². The molecule has 1 aromatic carbocycles. The van der Waals surface area contributed by atoms with Crippen LogP contribution in [0.3, 0.4) is 0 Å². The molecule has 2 rings (SSSR count). The second kappa shape index (κ2) is 16.6. The van der Waals surface area contributed by atoms with E-state index in [-0.39, 0.29) is 5.82 Å². The summed E-state index contributed by atoms with van der Waals surface area (Å²) in [5.74, 6) is 0.510. The van der Waals surface area contributed by atoms with E-state index < -0.39 is 0 Å². The monoisotopic (exact) mass is 362 g/mol. The summed E-state index contributed by atoms with van der Waals surface area (Å²) in [6, 6.07) is 7.05. The summed E-state index contributed by atoms with van der Waals surface area (Å²) < 4.78 is 17.7. The molecule has 1 saturated carbocycles. The zero-order chi connectivity index (χ0) is 20.4. The van der Waals surface area contributed by atoms with Gasteiger partial charge in [-0.05, 0) is 55.9 Å². The van der Waals surface area contributed by atoms with Gasteiger partial charge in [0.2, 0.25) is 0 Å². The molecule has 1 aliphatic carbocycles. The summed E-state index contributed by atoms with van der Waals surface area (Å²) in [5.41, 5.74) is 1.60. The van der Waals surface area contributed by atoms with Gasteiger partial charge in [-0.3, -0.25) is 0 Å². The van der Waals surface area contributed by atoms with E-state index in [1.807, 2.05) is 39.8 Å². The Bertz CT molecular complexity index is 481. The predicted molar refractivity (Wildman–Crippen MR) is 115 cm³/mol. The largest absolute Gasteiger partial charge is 0.495 e. The van der Waals surface area contributed by atoms with E-state index in [1.54, 1.807) is 24.3 Å². The third kappa shape index (κ3) is 11.7. The Morgan fingerprint density at radius 1 is 1.12 bits per heavy atom. The number of allylic oxidation sites excluding steroid dienone is 2. The molecule has 26 heavy (non-hydrogen) atoms. The fourth-order valence-corrected chi connectivity index (χ4v) is 2.72. The summed E-state index contributed by atoms with van der Waals surface area (Å²) in [6.07, 6.45) is 9.82. The Labute approximate surface area is 161 Å². The molecule has 0 aromatic heterocycles. The van der Waals surface area contributed by atoms with Crippen molar-refractivity contribution in [1.82, 2.24) is 0 Å². The van der Waals surface area contributed by atoms with Crippen LogP contribution in [-0.2, 0) is 10.2 Å². The van der Waals surface area contributed by atoms with Crippen LogP contribution in [-0.4, -0.2) is 6.61 Å². The van der Waals surface area contributed by atoms with Gasteiger partial charge in [0.25, 0.3) is 0 Å². The highest BCUT2D eigenvalue weighted by atomic mass is 19.1. The first-order chi connectivity index (χ1) is 12.4. The molecule has 0 heterocycles. The standard InChI is InChI=1S/C13H17F.C6H10O.C3H6.C2H6/c1-13(9-3-2-4-10-13)11-5-7-12(14)8-6-11;1-4-6(3)7-5-2;1-3-2;1-2/h5-8H,2-4,9-10H2,1H3;4H,1,3,5H2,2H3;3H,1H2,2H3;1-2H3. The normalized spacial score (nSPS) is 13.9. The van der Waals surface area contributed by atoms with E-state index >= 15 is 0 Å². The van der Waals surface area contributed by atoms with Crippen LogP contribution in [0.1, 0.15) is 72.3 Å². The van der Waals surface area contributed by atoms with Gasteiger partial charge in [-0.15, -0.1) is 6.58 Å². The molecule has 0 aliphatic heterocycles. The maximum Gasteiger partial charge on any atom is 0.123 e. The second-order valence-corrected chi connectivity index (χ2v) is 6.14. The minimum Gasteiger partial charge on any atom is -0.495 e.